The van der Waals surface area contributed by atoms with E-state index in [1.807, 2.05) is 6.92 Å². The highest BCUT2D eigenvalue weighted by atomic mass is 35.5. The highest BCUT2D eigenvalue weighted by Crippen LogP contribution is 2.29. The van der Waals surface area contributed by atoms with Crippen molar-refractivity contribution in [3.05, 3.63) is 86.0 Å². The van der Waals surface area contributed by atoms with Gasteiger partial charge in [0.1, 0.15) is 12.2 Å². The number of amidine groups is 1. The number of ether oxygens (including phenoxy) is 1. The third-order valence-electron chi connectivity index (χ3n) is 5.21. The van der Waals surface area contributed by atoms with E-state index >= 15 is 0 Å². The second-order valence-electron chi connectivity index (χ2n) is 7.68. The first-order valence-electron chi connectivity index (χ1n) is 10.0. The maximum Gasteiger partial charge on any atom is 0.281 e. The van der Waals surface area contributed by atoms with Crippen molar-refractivity contribution in [3.63, 3.8) is 0 Å². The molecule has 0 saturated heterocycles. The van der Waals surface area contributed by atoms with Crippen LogP contribution in [-0.2, 0) is 18.3 Å². The first-order chi connectivity index (χ1) is 15.3. The van der Waals surface area contributed by atoms with E-state index in [-0.39, 0.29) is 34.0 Å². The lowest BCUT2D eigenvalue weighted by Gasteiger charge is -2.25. The topological polar surface area (TPSA) is 77.7 Å². The number of oxime groups is 1. The zero-order chi connectivity index (χ0) is 22.8. The summed E-state index contributed by atoms with van der Waals surface area (Å²) in [6, 6.07) is 10.5. The molecule has 2 aromatic carbocycles. The van der Waals surface area contributed by atoms with Crippen LogP contribution in [0.2, 0.25) is 5.02 Å². The molecule has 1 aliphatic heterocycles. The molecule has 3 aromatic rings. The minimum absolute atomic E-state index is 0.0382. The van der Waals surface area contributed by atoms with Crippen molar-refractivity contribution < 1.29 is 14.0 Å². The summed E-state index contributed by atoms with van der Waals surface area (Å²) >= 11 is 5.85. The summed E-state index contributed by atoms with van der Waals surface area (Å²) in [4.78, 5) is 18.3. The highest BCUT2D eigenvalue weighted by molar-refractivity contribution is 6.30. The molecule has 1 aliphatic rings. The van der Waals surface area contributed by atoms with Gasteiger partial charge in [0, 0.05) is 7.05 Å². The third kappa shape index (κ3) is 4.45. The van der Waals surface area contributed by atoms with Gasteiger partial charge < -0.3 is 14.9 Å². The molecular weight excluding hydrogens is 435 g/mol. The van der Waals surface area contributed by atoms with Crippen molar-refractivity contribution >= 4 is 17.4 Å². The number of nitrogens with zero attached hydrogens (tertiary/aromatic N) is 3. The van der Waals surface area contributed by atoms with Crippen LogP contribution in [0.5, 0.6) is 11.5 Å². The van der Waals surface area contributed by atoms with Crippen LogP contribution in [0, 0.1) is 19.7 Å². The number of halogens is 2. The Morgan fingerprint density at radius 2 is 2.09 bits per heavy atom. The third-order valence-corrected chi connectivity index (χ3v) is 5.50. The standard InChI is InChI=1S/C23H22ClFN4O3/c1-13-7-8-15(14(2)9-13)10-16-12-31-28-22(27-16)20-19(11-26-29(3)23(20)30)32-18-6-4-5-17(24)21(18)25/h4-9,11,16H,10,12H2,1-3H3,(H,27,28)/t16-/m1/s1. The molecule has 32 heavy (non-hydrogen) atoms. The Balaban J connectivity index is 1.65. The minimum atomic E-state index is -0.733. The molecule has 0 amide bonds. The number of aromatic nitrogens is 2. The van der Waals surface area contributed by atoms with Crippen LogP contribution in [0.15, 0.2) is 52.5 Å². The van der Waals surface area contributed by atoms with E-state index in [2.05, 4.69) is 40.7 Å². The van der Waals surface area contributed by atoms with Crippen LogP contribution in [0.4, 0.5) is 4.39 Å². The predicted molar refractivity (Wildman–Crippen MR) is 120 cm³/mol. The number of benzene rings is 2. The van der Waals surface area contributed by atoms with Gasteiger partial charge in [-0.2, -0.15) is 5.10 Å². The summed E-state index contributed by atoms with van der Waals surface area (Å²) in [6.07, 6.45) is 2.00. The molecular formula is C23H22ClFN4O3. The molecule has 0 spiro atoms. The van der Waals surface area contributed by atoms with E-state index in [4.69, 9.17) is 21.2 Å². The molecule has 0 unspecified atom stereocenters. The van der Waals surface area contributed by atoms with Crippen LogP contribution in [0.1, 0.15) is 22.3 Å². The van der Waals surface area contributed by atoms with Gasteiger partial charge in [0.25, 0.3) is 5.56 Å². The fraction of sp³-hybridized carbons (Fsp3) is 0.261. The van der Waals surface area contributed by atoms with Crippen molar-refractivity contribution in [3.8, 4) is 11.5 Å². The SMILES string of the molecule is Cc1ccc(C[C@@H]2CON=C(c3c(Oc4cccc(Cl)c4F)cnn(C)c3=O)N2)c(C)c1. The zero-order valence-electron chi connectivity index (χ0n) is 17.9. The number of hydrogen-bond donors (Lipinski definition) is 1. The second kappa shape index (κ2) is 9.00. The Bertz CT molecular complexity index is 1260. The van der Waals surface area contributed by atoms with E-state index < -0.39 is 11.4 Å². The molecule has 1 aromatic heterocycles. The molecule has 1 N–H and O–H groups in total. The highest BCUT2D eigenvalue weighted by Gasteiger charge is 2.26. The predicted octanol–water partition coefficient (Wildman–Crippen LogP) is 3.87. The van der Waals surface area contributed by atoms with Gasteiger partial charge in [-0.1, -0.05) is 46.6 Å². The summed E-state index contributed by atoms with van der Waals surface area (Å²) in [5, 5.41) is 11.2. The van der Waals surface area contributed by atoms with Gasteiger partial charge in [-0.3, -0.25) is 4.79 Å². The van der Waals surface area contributed by atoms with Crippen LogP contribution in [0.25, 0.3) is 0 Å². The Morgan fingerprint density at radius 1 is 1.28 bits per heavy atom. The smallest absolute Gasteiger partial charge is 0.281 e. The summed E-state index contributed by atoms with van der Waals surface area (Å²) in [6.45, 7) is 4.44. The van der Waals surface area contributed by atoms with E-state index in [0.29, 0.717) is 13.0 Å². The van der Waals surface area contributed by atoms with Gasteiger partial charge in [-0.15, -0.1) is 0 Å². The van der Waals surface area contributed by atoms with Gasteiger partial charge in [0.15, 0.2) is 23.2 Å². The maximum atomic E-state index is 14.4. The van der Waals surface area contributed by atoms with Gasteiger partial charge >= 0.3 is 0 Å². The van der Waals surface area contributed by atoms with Crippen molar-refractivity contribution in [2.75, 3.05) is 6.61 Å². The van der Waals surface area contributed by atoms with Crippen molar-refractivity contribution in [2.24, 2.45) is 12.2 Å². The Labute approximate surface area is 189 Å². The molecule has 7 nitrogen and oxygen atoms in total. The Kier molecular flexibility index (Phi) is 6.14. The number of rotatable bonds is 5. The number of aryl methyl sites for hydroxylation is 3. The van der Waals surface area contributed by atoms with Crippen LogP contribution in [-0.4, -0.2) is 28.3 Å². The maximum absolute atomic E-state index is 14.4. The largest absolute Gasteiger partial charge is 0.452 e. The normalized spacial score (nSPS) is 15.5. The fourth-order valence-electron chi connectivity index (χ4n) is 3.52. The Hall–Kier alpha value is -3.39. The summed E-state index contributed by atoms with van der Waals surface area (Å²) in [7, 11) is 1.51. The average molecular weight is 457 g/mol. The molecule has 0 fully saturated rings. The summed E-state index contributed by atoms with van der Waals surface area (Å²) in [5.41, 5.74) is 3.16. The first-order valence-corrected chi connectivity index (χ1v) is 10.4. The Morgan fingerprint density at radius 3 is 2.88 bits per heavy atom. The second-order valence-corrected chi connectivity index (χ2v) is 8.08. The molecule has 0 radical (unpaired) electrons. The fourth-order valence-corrected chi connectivity index (χ4v) is 3.69. The summed E-state index contributed by atoms with van der Waals surface area (Å²) in [5.74, 6) is -0.621. The molecule has 0 bridgehead atoms. The zero-order valence-corrected chi connectivity index (χ0v) is 18.6. The molecule has 1 atom stereocenters. The van der Waals surface area contributed by atoms with Crippen molar-refractivity contribution in [1.29, 1.82) is 0 Å². The monoisotopic (exact) mass is 456 g/mol. The van der Waals surface area contributed by atoms with Gasteiger partial charge in [0.2, 0.25) is 0 Å². The number of hydrogen-bond acceptors (Lipinski definition) is 6. The molecule has 9 heteroatoms. The van der Waals surface area contributed by atoms with Crippen molar-refractivity contribution in [2.45, 2.75) is 26.3 Å². The van der Waals surface area contributed by atoms with Gasteiger partial charge in [0.05, 0.1) is 17.3 Å². The molecule has 2 heterocycles. The van der Waals surface area contributed by atoms with Gasteiger partial charge in [-0.05, 0) is 43.5 Å². The van der Waals surface area contributed by atoms with E-state index in [1.165, 1.54) is 36.5 Å². The van der Waals surface area contributed by atoms with Crippen LogP contribution < -0.4 is 15.6 Å². The van der Waals surface area contributed by atoms with E-state index in [9.17, 15) is 9.18 Å². The summed E-state index contributed by atoms with van der Waals surface area (Å²) < 4.78 is 21.2. The lowest BCUT2D eigenvalue weighted by atomic mass is 9.99. The average Bonchev–Trinajstić information content (AvgIpc) is 2.76. The van der Waals surface area contributed by atoms with Crippen LogP contribution in [0.3, 0.4) is 0 Å². The van der Waals surface area contributed by atoms with Crippen LogP contribution >= 0.6 is 11.6 Å². The molecule has 0 saturated carbocycles. The lowest BCUT2D eigenvalue weighted by molar-refractivity contribution is 0.109. The lowest BCUT2D eigenvalue weighted by Crippen LogP contribution is -2.46. The van der Waals surface area contributed by atoms with E-state index in [0.717, 1.165) is 10.2 Å². The first kappa shape index (κ1) is 21.8. The molecule has 4 rings (SSSR count). The quantitative estimate of drug-likeness (QED) is 0.630. The van der Waals surface area contributed by atoms with Crippen molar-refractivity contribution in [1.82, 2.24) is 15.1 Å². The van der Waals surface area contributed by atoms with E-state index in [1.54, 1.807) is 6.07 Å². The minimum Gasteiger partial charge on any atom is -0.452 e. The van der Waals surface area contributed by atoms with Gasteiger partial charge in [-0.25, -0.2) is 9.07 Å². The number of nitrogens with one attached hydrogen (secondary N) is 1. The molecule has 0 aliphatic carbocycles. The molecule has 166 valence electrons.